The van der Waals surface area contributed by atoms with Gasteiger partial charge in [0.15, 0.2) is 0 Å². The van der Waals surface area contributed by atoms with E-state index in [0.29, 0.717) is 6.04 Å². The lowest BCUT2D eigenvalue weighted by atomic mass is 10.0. The van der Waals surface area contributed by atoms with E-state index in [4.69, 9.17) is 15.2 Å². The highest BCUT2D eigenvalue weighted by Crippen LogP contribution is 2.35. The summed E-state index contributed by atoms with van der Waals surface area (Å²) in [4.78, 5) is 2.35. The van der Waals surface area contributed by atoms with Crippen LogP contribution >= 0.6 is 0 Å². The summed E-state index contributed by atoms with van der Waals surface area (Å²) in [6, 6.07) is 6.41. The van der Waals surface area contributed by atoms with Crippen LogP contribution in [0.4, 0.5) is 5.69 Å². The largest absolute Gasteiger partial charge is 0.496 e. The van der Waals surface area contributed by atoms with Crippen molar-refractivity contribution in [2.24, 2.45) is 5.73 Å². The van der Waals surface area contributed by atoms with E-state index in [0.717, 1.165) is 31.1 Å². The normalized spacial score (nSPS) is 21.8. The maximum absolute atomic E-state index is 6.11. The molecule has 18 heavy (non-hydrogen) atoms. The molecule has 0 aliphatic carbocycles. The van der Waals surface area contributed by atoms with Crippen molar-refractivity contribution in [1.29, 1.82) is 0 Å². The molecule has 1 aliphatic heterocycles. The maximum atomic E-state index is 6.11. The van der Waals surface area contributed by atoms with Crippen LogP contribution in [-0.4, -0.2) is 32.9 Å². The van der Waals surface area contributed by atoms with Gasteiger partial charge < -0.3 is 20.1 Å². The summed E-state index contributed by atoms with van der Waals surface area (Å²) < 4.78 is 10.9. The van der Waals surface area contributed by atoms with Crippen molar-refractivity contribution in [3.05, 3.63) is 23.8 Å². The molecule has 1 aliphatic rings. The van der Waals surface area contributed by atoms with Crippen molar-refractivity contribution >= 4 is 5.69 Å². The zero-order chi connectivity index (χ0) is 13.1. The Labute approximate surface area is 109 Å². The van der Waals surface area contributed by atoms with Crippen molar-refractivity contribution in [1.82, 2.24) is 0 Å². The minimum absolute atomic E-state index is 0.0498. The molecule has 1 fully saturated rings. The molecule has 1 aromatic carbocycles. The van der Waals surface area contributed by atoms with Gasteiger partial charge in [0.25, 0.3) is 0 Å². The molecule has 4 heteroatoms. The Morgan fingerprint density at radius 3 is 2.89 bits per heavy atom. The van der Waals surface area contributed by atoms with Gasteiger partial charge in [0, 0.05) is 29.9 Å². The van der Waals surface area contributed by atoms with E-state index in [1.54, 1.807) is 7.11 Å². The lowest BCUT2D eigenvalue weighted by molar-refractivity contribution is 0.0988. The fourth-order valence-corrected chi connectivity index (χ4v) is 2.50. The summed E-state index contributed by atoms with van der Waals surface area (Å²) in [5.74, 6) is 0.862. The number of rotatable bonds is 3. The highest BCUT2D eigenvalue weighted by molar-refractivity contribution is 5.61. The van der Waals surface area contributed by atoms with Crippen LogP contribution in [0.3, 0.4) is 0 Å². The summed E-state index contributed by atoms with van der Waals surface area (Å²) in [5.41, 5.74) is 8.35. The molecule has 0 spiro atoms. The van der Waals surface area contributed by atoms with Crippen LogP contribution in [0.15, 0.2) is 18.2 Å². The molecular formula is C14H22N2O2. The average Bonchev–Trinajstić information content (AvgIpc) is 2.38. The van der Waals surface area contributed by atoms with Crippen molar-refractivity contribution in [3.63, 3.8) is 0 Å². The summed E-state index contributed by atoms with van der Waals surface area (Å²) in [6.07, 6.45) is 0. The Bertz CT molecular complexity index is 407. The van der Waals surface area contributed by atoms with Crippen LogP contribution in [0.5, 0.6) is 5.75 Å². The minimum atomic E-state index is -0.0498. The van der Waals surface area contributed by atoms with Crippen LogP contribution < -0.4 is 15.4 Å². The minimum Gasteiger partial charge on any atom is -0.496 e. The van der Waals surface area contributed by atoms with Gasteiger partial charge in [-0.3, -0.25) is 0 Å². The number of ether oxygens (including phenoxy) is 2. The van der Waals surface area contributed by atoms with E-state index >= 15 is 0 Å². The fraction of sp³-hybridized carbons (Fsp3) is 0.571. The van der Waals surface area contributed by atoms with E-state index in [-0.39, 0.29) is 6.04 Å². The molecule has 2 atom stereocenters. The molecule has 4 nitrogen and oxygen atoms in total. The number of nitrogens with zero attached hydrogens (tertiary/aromatic N) is 1. The lowest BCUT2D eigenvalue weighted by Crippen LogP contribution is -2.44. The molecular weight excluding hydrogens is 228 g/mol. The average molecular weight is 250 g/mol. The van der Waals surface area contributed by atoms with E-state index < -0.39 is 0 Å². The number of nitrogens with two attached hydrogens (primary N) is 1. The van der Waals surface area contributed by atoms with E-state index in [9.17, 15) is 0 Å². The number of hydrogen-bond donors (Lipinski definition) is 1. The van der Waals surface area contributed by atoms with Crippen LogP contribution in [0, 0.1) is 0 Å². The van der Waals surface area contributed by atoms with Gasteiger partial charge in [-0.25, -0.2) is 0 Å². The topological polar surface area (TPSA) is 47.7 Å². The third kappa shape index (κ3) is 2.44. The Kier molecular flexibility index (Phi) is 4.09. The zero-order valence-electron chi connectivity index (χ0n) is 11.3. The molecule has 0 amide bonds. The van der Waals surface area contributed by atoms with Crippen molar-refractivity contribution < 1.29 is 9.47 Å². The standard InChI is InChI=1S/C14H22N2O2/c1-10-9-18-8-7-16(10)12-5-4-6-13(17-3)14(12)11(2)15/h4-6,10-11H,7-9,15H2,1-3H3/t10?,11-/m1/s1. The number of hydrogen-bond acceptors (Lipinski definition) is 4. The van der Waals surface area contributed by atoms with Gasteiger partial charge >= 0.3 is 0 Å². The van der Waals surface area contributed by atoms with Crippen LogP contribution in [0.1, 0.15) is 25.5 Å². The molecule has 1 unspecified atom stereocenters. The summed E-state index contributed by atoms with van der Waals surface area (Å²) in [6.45, 7) is 6.58. The first-order valence-electron chi connectivity index (χ1n) is 6.42. The molecule has 2 N–H and O–H groups in total. The number of benzene rings is 1. The predicted molar refractivity (Wildman–Crippen MR) is 73.2 cm³/mol. The predicted octanol–water partition coefficient (Wildman–Crippen LogP) is 1.94. The number of anilines is 1. The van der Waals surface area contributed by atoms with Crippen LogP contribution in [0.25, 0.3) is 0 Å². The Balaban J connectivity index is 2.42. The highest BCUT2D eigenvalue weighted by atomic mass is 16.5. The van der Waals surface area contributed by atoms with E-state index in [1.807, 2.05) is 19.1 Å². The molecule has 100 valence electrons. The second-order valence-electron chi connectivity index (χ2n) is 4.80. The van der Waals surface area contributed by atoms with Gasteiger partial charge in [0.05, 0.1) is 20.3 Å². The van der Waals surface area contributed by atoms with Gasteiger partial charge in [0.2, 0.25) is 0 Å². The van der Waals surface area contributed by atoms with Gasteiger partial charge in [-0.05, 0) is 26.0 Å². The van der Waals surface area contributed by atoms with Gasteiger partial charge in [-0.2, -0.15) is 0 Å². The monoisotopic (exact) mass is 250 g/mol. The smallest absolute Gasteiger partial charge is 0.125 e. The van der Waals surface area contributed by atoms with Crippen molar-refractivity contribution in [3.8, 4) is 5.75 Å². The molecule has 1 heterocycles. The second kappa shape index (κ2) is 5.59. The zero-order valence-corrected chi connectivity index (χ0v) is 11.3. The number of methoxy groups -OCH3 is 1. The summed E-state index contributed by atoms with van der Waals surface area (Å²) >= 11 is 0. The SMILES string of the molecule is COc1cccc(N2CCOCC2C)c1[C@@H](C)N. The van der Waals surface area contributed by atoms with Crippen molar-refractivity contribution in [2.75, 3.05) is 31.8 Å². The van der Waals surface area contributed by atoms with E-state index in [2.05, 4.69) is 17.9 Å². The first-order valence-corrected chi connectivity index (χ1v) is 6.42. The Morgan fingerprint density at radius 1 is 1.50 bits per heavy atom. The molecule has 1 aromatic rings. The molecule has 2 rings (SSSR count). The van der Waals surface area contributed by atoms with Gasteiger partial charge in [-0.15, -0.1) is 0 Å². The molecule has 0 aromatic heterocycles. The maximum Gasteiger partial charge on any atom is 0.125 e. The highest BCUT2D eigenvalue weighted by Gasteiger charge is 2.24. The van der Waals surface area contributed by atoms with E-state index in [1.165, 1.54) is 5.69 Å². The van der Waals surface area contributed by atoms with Crippen LogP contribution in [-0.2, 0) is 4.74 Å². The second-order valence-corrected chi connectivity index (χ2v) is 4.80. The quantitative estimate of drug-likeness (QED) is 0.890. The summed E-state index contributed by atoms with van der Waals surface area (Å²) in [5, 5.41) is 0. The number of morpholine rings is 1. The first-order chi connectivity index (χ1) is 8.65. The summed E-state index contributed by atoms with van der Waals surface area (Å²) in [7, 11) is 1.69. The van der Waals surface area contributed by atoms with Gasteiger partial charge in [-0.1, -0.05) is 6.07 Å². The third-order valence-corrected chi connectivity index (χ3v) is 3.40. The molecule has 0 saturated carbocycles. The Morgan fingerprint density at radius 2 is 2.28 bits per heavy atom. The fourth-order valence-electron chi connectivity index (χ4n) is 2.50. The first kappa shape index (κ1) is 13.2. The van der Waals surface area contributed by atoms with Gasteiger partial charge in [0.1, 0.15) is 5.75 Å². The van der Waals surface area contributed by atoms with Crippen molar-refractivity contribution in [2.45, 2.75) is 25.9 Å². The molecule has 1 saturated heterocycles. The molecule has 0 radical (unpaired) electrons. The Hall–Kier alpha value is -1.26. The third-order valence-electron chi connectivity index (χ3n) is 3.40. The van der Waals surface area contributed by atoms with Crippen LogP contribution in [0.2, 0.25) is 0 Å². The molecule has 0 bridgehead atoms. The lowest BCUT2D eigenvalue weighted by Gasteiger charge is -2.37.